The van der Waals surface area contributed by atoms with Gasteiger partial charge in [0.05, 0.1) is 42.2 Å². The van der Waals surface area contributed by atoms with E-state index in [-0.39, 0.29) is 12.0 Å². The lowest BCUT2D eigenvalue weighted by Crippen LogP contribution is -2.55. The molecule has 7 nitrogen and oxygen atoms in total. The van der Waals surface area contributed by atoms with E-state index in [9.17, 15) is 5.11 Å². The van der Waals surface area contributed by atoms with E-state index in [4.69, 9.17) is 15.1 Å². The van der Waals surface area contributed by atoms with E-state index in [1.807, 2.05) is 37.6 Å². The van der Waals surface area contributed by atoms with Gasteiger partial charge in [0.15, 0.2) is 5.58 Å². The summed E-state index contributed by atoms with van der Waals surface area (Å²) >= 11 is 0. The van der Waals surface area contributed by atoms with Gasteiger partial charge in [-0.2, -0.15) is 0 Å². The molecule has 3 aromatic heterocycles. The number of aliphatic hydroxyl groups excluding tert-OH is 1. The second-order valence-electron chi connectivity index (χ2n) is 8.40. The highest BCUT2D eigenvalue weighted by Crippen LogP contribution is 2.43. The summed E-state index contributed by atoms with van der Waals surface area (Å²) in [4.78, 5) is 11.4. The average molecular weight is 393 g/mol. The molecule has 29 heavy (non-hydrogen) atoms. The Kier molecular flexibility index (Phi) is 4.64. The number of rotatable bonds is 5. The summed E-state index contributed by atoms with van der Waals surface area (Å²) in [6, 6.07) is 5.74. The monoisotopic (exact) mass is 393 g/mol. The third-order valence-corrected chi connectivity index (χ3v) is 6.08. The minimum atomic E-state index is -0.462. The standard InChI is InChI=1S/C22H27N5O2/c1-13-10-27(11-17(23)22(13)28)19-6-7-24-9-18(19)25-8-15-4-5-20-21(26-15)16(12-29-20)14-2-3-14/h4-7,9,12-14,17,22,25,28H,2-3,8,10-11,23H2,1H3/t13-,17+,22+/m0/s1. The molecule has 2 aliphatic rings. The maximum Gasteiger partial charge on any atom is 0.152 e. The third kappa shape index (κ3) is 3.56. The van der Waals surface area contributed by atoms with Gasteiger partial charge in [-0.05, 0) is 37.0 Å². The van der Waals surface area contributed by atoms with Crippen molar-refractivity contribution < 1.29 is 9.52 Å². The largest absolute Gasteiger partial charge is 0.462 e. The molecule has 3 aromatic rings. The molecular weight excluding hydrogens is 366 g/mol. The Morgan fingerprint density at radius 3 is 2.93 bits per heavy atom. The highest BCUT2D eigenvalue weighted by molar-refractivity contribution is 5.78. The van der Waals surface area contributed by atoms with Gasteiger partial charge in [-0.15, -0.1) is 0 Å². The number of piperidine rings is 1. The lowest BCUT2D eigenvalue weighted by Gasteiger charge is -2.40. The molecule has 3 atom stereocenters. The average Bonchev–Trinajstić information content (AvgIpc) is 3.49. The molecule has 5 rings (SSSR count). The van der Waals surface area contributed by atoms with Crippen LogP contribution in [-0.2, 0) is 6.54 Å². The van der Waals surface area contributed by atoms with Gasteiger partial charge in [0, 0.05) is 36.8 Å². The molecule has 0 amide bonds. The van der Waals surface area contributed by atoms with Crippen molar-refractivity contribution >= 4 is 22.5 Å². The summed E-state index contributed by atoms with van der Waals surface area (Å²) in [6.07, 6.45) is 7.48. The first-order valence-electron chi connectivity index (χ1n) is 10.3. The van der Waals surface area contributed by atoms with Crippen molar-refractivity contribution in [1.82, 2.24) is 9.97 Å². The molecule has 7 heteroatoms. The van der Waals surface area contributed by atoms with Crippen LogP contribution in [0.2, 0.25) is 0 Å². The molecule has 0 aromatic carbocycles. The number of aromatic nitrogens is 2. The molecule has 0 spiro atoms. The van der Waals surface area contributed by atoms with Crippen LogP contribution >= 0.6 is 0 Å². The van der Waals surface area contributed by atoms with Crippen LogP contribution < -0.4 is 16.0 Å². The predicted molar refractivity (Wildman–Crippen MR) is 113 cm³/mol. The van der Waals surface area contributed by atoms with Crippen LogP contribution in [0, 0.1) is 5.92 Å². The van der Waals surface area contributed by atoms with E-state index in [1.54, 1.807) is 6.20 Å². The number of fused-ring (bicyclic) bond motifs is 1. The number of furan rings is 1. The summed E-state index contributed by atoms with van der Waals surface area (Å²) in [5.74, 6) is 0.725. The maximum absolute atomic E-state index is 10.2. The summed E-state index contributed by atoms with van der Waals surface area (Å²) in [5.41, 5.74) is 12.2. The SMILES string of the molecule is C[C@H]1CN(c2ccncc2NCc2ccc3occ(C4CC4)c3n2)C[C@@H](N)[C@@H]1O. The third-order valence-electron chi connectivity index (χ3n) is 6.08. The van der Waals surface area contributed by atoms with Crippen LogP contribution in [0.15, 0.2) is 41.3 Å². The number of pyridine rings is 2. The Bertz CT molecular complexity index is 1000. The van der Waals surface area contributed by atoms with Crippen LogP contribution in [0.5, 0.6) is 0 Å². The topological polar surface area (TPSA) is 100 Å². The number of aliphatic hydroxyl groups is 1. The van der Waals surface area contributed by atoms with Gasteiger partial charge in [0.1, 0.15) is 5.52 Å². The van der Waals surface area contributed by atoms with E-state index in [0.717, 1.165) is 34.7 Å². The molecule has 0 unspecified atom stereocenters. The Labute approximate surface area is 169 Å². The minimum absolute atomic E-state index is 0.116. The molecular formula is C22H27N5O2. The van der Waals surface area contributed by atoms with Gasteiger partial charge >= 0.3 is 0 Å². The van der Waals surface area contributed by atoms with E-state index in [1.165, 1.54) is 18.4 Å². The molecule has 1 aliphatic heterocycles. The number of anilines is 2. The summed E-state index contributed by atoms with van der Waals surface area (Å²) in [7, 11) is 0. The number of nitrogens with zero attached hydrogens (tertiary/aromatic N) is 3. The lowest BCUT2D eigenvalue weighted by molar-refractivity contribution is 0.0785. The molecule has 1 saturated carbocycles. The van der Waals surface area contributed by atoms with E-state index < -0.39 is 6.10 Å². The normalized spacial score (nSPS) is 24.8. The zero-order chi connectivity index (χ0) is 20.0. The van der Waals surface area contributed by atoms with Crippen LogP contribution in [0.25, 0.3) is 11.1 Å². The first-order valence-corrected chi connectivity index (χ1v) is 10.3. The fraction of sp³-hybridized carbons (Fsp3) is 0.455. The number of nitrogens with one attached hydrogen (secondary N) is 1. The molecule has 0 bridgehead atoms. The van der Waals surface area contributed by atoms with Crippen molar-refractivity contribution in [2.75, 3.05) is 23.3 Å². The first kappa shape index (κ1) is 18.4. The lowest BCUT2D eigenvalue weighted by atomic mass is 9.92. The molecule has 152 valence electrons. The zero-order valence-electron chi connectivity index (χ0n) is 16.6. The van der Waals surface area contributed by atoms with Crippen molar-refractivity contribution in [3.63, 3.8) is 0 Å². The van der Waals surface area contributed by atoms with Gasteiger partial charge < -0.3 is 25.5 Å². The van der Waals surface area contributed by atoms with Crippen molar-refractivity contribution in [3.8, 4) is 0 Å². The van der Waals surface area contributed by atoms with Crippen LogP contribution in [0.4, 0.5) is 11.4 Å². The molecule has 0 radical (unpaired) electrons. The Morgan fingerprint density at radius 2 is 2.14 bits per heavy atom. The van der Waals surface area contributed by atoms with Gasteiger partial charge in [0.2, 0.25) is 0 Å². The van der Waals surface area contributed by atoms with Crippen LogP contribution in [0.1, 0.15) is 36.9 Å². The second kappa shape index (κ2) is 7.31. The van der Waals surface area contributed by atoms with Crippen LogP contribution in [-0.4, -0.2) is 40.3 Å². The first-order chi connectivity index (χ1) is 14.1. The molecule has 4 heterocycles. The highest BCUT2D eigenvalue weighted by Gasteiger charge is 2.32. The number of hydrogen-bond donors (Lipinski definition) is 3. The summed E-state index contributed by atoms with van der Waals surface area (Å²) in [5, 5.41) is 13.7. The van der Waals surface area contributed by atoms with Crippen molar-refractivity contribution in [3.05, 3.63) is 48.1 Å². The van der Waals surface area contributed by atoms with Crippen molar-refractivity contribution in [2.24, 2.45) is 11.7 Å². The Balaban J connectivity index is 1.35. The smallest absolute Gasteiger partial charge is 0.152 e. The predicted octanol–water partition coefficient (Wildman–Crippen LogP) is 2.86. The molecule has 1 saturated heterocycles. The maximum atomic E-state index is 10.2. The Hall–Kier alpha value is -2.64. The number of nitrogens with two attached hydrogens (primary N) is 1. The number of hydrogen-bond acceptors (Lipinski definition) is 7. The van der Waals surface area contributed by atoms with E-state index >= 15 is 0 Å². The molecule has 4 N–H and O–H groups in total. The fourth-order valence-electron chi connectivity index (χ4n) is 4.25. The molecule has 2 fully saturated rings. The van der Waals surface area contributed by atoms with Gasteiger partial charge in [0.25, 0.3) is 0 Å². The Morgan fingerprint density at radius 1 is 1.28 bits per heavy atom. The minimum Gasteiger partial charge on any atom is -0.462 e. The van der Waals surface area contributed by atoms with Gasteiger partial charge in [-0.25, -0.2) is 4.98 Å². The highest BCUT2D eigenvalue weighted by atomic mass is 16.3. The van der Waals surface area contributed by atoms with E-state index in [2.05, 4.69) is 15.2 Å². The second-order valence-corrected chi connectivity index (χ2v) is 8.40. The van der Waals surface area contributed by atoms with Crippen molar-refractivity contribution in [2.45, 2.75) is 44.4 Å². The molecule has 1 aliphatic carbocycles. The summed E-state index contributed by atoms with van der Waals surface area (Å²) < 4.78 is 5.66. The quantitative estimate of drug-likeness (QED) is 0.613. The van der Waals surface area contributed by atoms with Crippen molar-refractivity contribution in [1.29, 1.82) is 0 Å². The van der Waals surface area contributed by atoms with Gasteiger partial charge in [-0.3, -0.25) is 4.98 Å². The fourth-order valence-corrected chi connectivity index (χ4v) is 4.25. The van der Waals surface area contributed by atoms with Gasteiger partial charge in [-0.1, -0.05) is 6.92 Å². The van der Waals surface area contributed by atoms with Crippen LogP contribution in [0.3, 0.4) is 0 Å². The zero-order valence-corrected chi connectivity index (χ0v) is 16.6. The summed E-state index contributed by atoms with van der Waals surface area (Å²) in [6.45, 7) is 4.01. The van der Waals surface area contributed by atoms with E-state index in [0.29, 0.717) is 19.0 Å².